The molecule has 0 saturated carbocycles. The first kappa shape index (κ1) is 35.1. The standard InChI is InChI=1S/C24H43NO18/c1-5-10(28)13(31)16(34)22(37-5)42-19-9(25)21(36)39-8(4-27)18(19)41-24-20(15(33)12(30)7(3-26)40-24)43-23-17(35)14(32)11(29)6(2)38-23/h5-24,26-36H,3-4,25H2,1-2H3/t5-,6-,7+,8+,9+,10+,11+,12-,13+,14+,15-,16-,17-,18+,19+,20+,21+,22-,23-,24-/m0/s1. The zero-order valence-electron chi connectivity index (χ0n) is 23.3. The van der Waals surface area contributed by atoms with Crippen molar-refractivity contribution in [3.8, 4) is 0 Å². The lowest BCUT2D eigenvalue weighted by molar-refractivity contribution is -0.390. The maximum absolute atomic E-state index is 10.9. The average molecular weight is 634 g/mol. The lowest BCUT2D eigenvalue weighted by Crippen LogP contribution is -2.69. The normalized spacial score (nSPS) is 54.8. The van der Waals surface area contributed by atoms with Gasteiger partial charge in [-0.1, -0.05) is 0 Å². The minimum Gasteiger partial charge on any atom is -0.394 e. The van der Waals surface area contributed by atoms with Crippen molar-refractivity contribution < 1.29 is 89.3 Å². The molecule has 43 heavy (non-hydrogen) atoms. The number of hydrogen-bond acceptors (Lipinski definition) is 19. The van der Waals surface area contributed by atoms with E-state index in [0.717, 1.165) is 0 Å². The van der Waals surface area contributed by atoms with Crippen LogP contribution < -0.4 is 5.73 Å². The third-order valence-electron chi connectivity index (χ3n) is 8.21. The van der Waals surface area contributed by atoms with Gasteiger partial charge >= 0.3 is 0 Å². The van der Waals surface area contributed by atoms with Crippen molar-refractivity contribution in [3.05, 3.63) is 0 Å². The molecule has 0 aliphatic carbocycles. The van der Waals surface area contributed by atoms with E-state index in [0.29, 0.717) is 0 Å². The molecule has 0 bridgehead atoms. The smallest absolute Gasteiger partial charge is 0.187 e. The molecule has 0 aromatic carbocycles. The van der Waals surface area contributed by atoms with Gasteiger partial charge < -0.3 is 95.1 Å². The first-order valence-corrected chi connectivity index (χ1v) is 13.9. The average Bonchev–Trinajstić information content (AvgIpc) is 2.98. The van der Waals surface area contributed by atoms with E-state index in [2.05, 4.69) is 0 Å². The Kier molecular flexibility index (Phi) is 11.7. The monoisotopic (exact) mass is 633 g/mol. The lowest BCUT2D eigenvalue weighted by Gasteiger charge is -2.50. The molecule has 4 saturated heterocycles. The molecular weight excluding hydrogens is 590 g/mol. The van der Waals surface area contributed by atoms with Gasteiger partial charge in [-0.25, -0.2) is 0 Å². The van der Waals surface area contributed by atoms with Crippen LogP contribution in [0, 0.1) is 0 Å². The number of hydrogen-bond donors (Lipinski definition) is 12. The molecule has 0 radical (unpaired) electrons. The Bertz CT molecular complexity index is 891. The Balaban J connectivity index is 1.62. The fraction of sp³-hybridized carbons (Fsp3) is 1.00. The van der Waals surface area contributed by atoms with Crippen LogP contribution >= 0.6 is 0 Å². The molecule has 20 atom stereocenters. The molecule has 0 aromatic rings. The molecule has 19 nitrogen and oxygen atoms in total. The predicted octanol–water partition coefficient (Wildman–Crippen LogP) is -7.73. The van der Waals surface area contributed by atoms with Crippen LogP contribution in [0.25, 0.3) is 0 Å². The largest absolute Gasteiger partial charge is 0.394 e. The third-order valence-corrected chi connectivity index (χ3v) is 8.21. The SMILES string of the molecule is C[C@@H]1O[C@@H](O[C@@H]2[C@@H](N)[C@H](O)O[C@H](CO)[C@H]2O[C@@H]2O[C@H](CO)[C@H](O)[C@H](O)[C@H]2O[C@@H]2O[C@@H](C)[C@@H](O)[C@@H](O)[C@@H]2O)[C@@H](O)[C@H](O)[C@@H]1O. The second kappa shape index (κ2) is 14.3. The molecule has 4 aliphatic rings. The van der Waals surface area contributed by atoms with Crippen LogP contribution in [0.15, 0.2) is 0 Å². The number of aliphatic hydroxyl groups excluding tert-OH is 11. The summed E-state index contributed by atoms with van der Waals surface area (Å²) in [6, 6.07) is -1.45. The van der Waals surface area contributed by atoms with Crippen LogP contribution in [0.4, 0.5) is 0 Å². The summed E-state index contributed by atoms with van der Waals surface area (Å²) in [4.78, 5) is 0. The molecule has 0 unspecified atom stereocenters. The van der Waals surface area contributed by atoms with Crippen LogP contribution in [0.3, 0.4) is 0 Å². The van der Waals surface area contributed by atoms with Gasteiger partial charge in [0, 0.05) is 0 Å². The predicted molar refractivity (Wildman–Crippen MR) is 133 cm³/mol. The highest BCUT2D eigenvalue weighted by atomic mass is 16.8. The maximum atomic E-state index is 10.9. The molecule has 4 fully saturated rings. The van der Waals surface area contributed by atoms with Gasteiger partial charge in [-0.15, -0.1) is 0 Å². The van der Waals surface area contributed by atoms with E-state index < -0.39 is 136 Å². The maximum Gasteiger partial charge on any atom is 0.187 e. The Labute approximate surface area is 245 Å². The fourth-order valence-corrected chi connectivity index (χ4v) is 5.45. The highest BCUT2D eigenvalue weighted by molar-refractivity contribution is 4.98. The number of rotatable bonds is 8. The van der Waals surface area contributed by atoms with Crippen molar-refractivity contribution in [1.29, 1.82) is 0 Å². The zero-order valence-corrected chi connectivity index (χ0v) is 23.3. The number of nitrogens with two attached hydrogens (primary N) is 1. The first-order valence-electron chi connectivity index (χ1n) is 13.9. The lowest BCUT2D eigenvalue weighted by atomic mass is 9.95. The van der Waals surface area contributed by atoms with Crippen LogP contribution in [0.2, 0.25) is 0 Å². The summed E-state index contributed by atoms with van der Waals surface area (Å²) in [5, 5.41) is 113. The summed E-state index contributed by atoms with van der Waals surface area (Å²) in [7, 11) is 0. The molecule has 19 heteroatoms. The van der Waals surface area contributed by atoms with E-state index in [4.69, 9.17) is 38.9 Å². The summed E-state index contributed by atoms with van der Waals surface area (Å²) in [6.45, 7) is 1.17. The Morgan fingerprint density at radius 2 is 0.953 bits per heavy atom. The Morgan fingerprint density at radius 3 is 1.44 bits per heavy atom. The van der Waals surface area contributed by atoms with Crippen molar-refractivity contribution in [2.45, 2.75) is 137 Å². The van der Waals surface area contributed by atoms with Gasteiger partial charge in [0.15, 0.2) is 25.2 Å². The fourth-order valence-electron chi connectivity index (χ4n) is 5.45. The van der Waals surface area contributed by atoms with E-state index in [9.17, 15) is 56.2 Å². The second-order valence-electron chi connectivity index (χ2n) is 11.2. The van der Waals surface area contributed by atoms with E-state index in [1.165, 1.54) is 13.8 Å². The molecule has 4 heterocycles. The number of ether oxygens (including phenoxy) is 7. The molecule has 0 amide bonds. The van der Waals surface area contributed by atoms with E-state index in [1.54, 1.807) is 0 Å². The third kappa shape index (κ3) is 7.00. The van der Waals surface area contributed by atoms with Gasteiger partial charge in [0.2, 0.25) is 0 Å². The minimum absolute atomic E-state index is 0.807. The van der Waals surface area contributed by atoms with Gasteiger partial charge in [0.1, 0.15) is 79.4 Å². The molecule has 4 aliphatic heterocycles. The van der Waals surface area contributed by atoms with Crippen molar-refractivity contribution in [2.24, 2.45) is 5.73 Å². The van der Waals surface area contributed by atoms with Gasteiger partial charge in [-0.2, -0.15) is 0 Å². The summed E-state index contributed by atoms with van der Waals surface area (Å²) in [5.74, 6) is 0. The Morgan fingerprint density at radius 1 is 0.488 bits per heavy atom. The second-order valence-corrected chi connectivity index (χ2v) is 11.2. The Hall–Kier alpha value is -0.760. The summed E-state index contributed by atoms with van der Waals surface area (Å²) >= 11 is 0. The summed E-state index contributed by atoms with van der Waals surface area (Å²) < 4.78 is 39.4. The highest BCUT2D eigenvalue weighted by Crippen LogP contribution is 2.34. The minimum atomic E-state index is -1.87. The van der Waals surface area contributed by atoms with Crippen molar-refractivity contribution in [3.63, 3.8) is 0 Å². The molecule has 0 spiro atoms. The van der Waals surface area contributed by atoms with Crippen LogP contribution in [-0.4, -0.2) is 192 Å². The number of aliphatic hydroxyl groups is 11. The van der Waals surface area contributed by atoms with Crippen LogP contribution in [-0.2, 0) is 33.2 Å². The van der Waals surface area contributed by atoms with Gasteiger partial charge in [-0.3, -0.25) is 0 Å². The molecule has 4 rings (SSSR count). The van der Waals surface area contributed by atoms with Gasteiger partial charge in [-0.05, 0) is 13.8 Å². The quantitative estimate of drug-likeness (QED) is 0.118. The molecular formula is C24H43NO18. The van der Waals surface area contributed by atoms with Crippen molar-refractivity contribution >= 4 is 0 Å². The van der Waals surface area contributed by atoms with Gasteiger partial charge in [0.05, 0.1) is 31.5 Å². The summed E-state index contributed by atoms with van der Waals surface area (Å²) in [5.41, 5.74) is 6.13. The zero-order chi connectivity index (χ0) is 31.9. The molecule has 252 valence electrons. The first-order chi connectivity index (χ1) is 20.2. The van der Waals surface area contributed by atoms with E-state index >= 15 is 0 Å². The summed E-state index contributed by atoms with van der Waals surface area (Å²) in [6.07, 6.45) is -30.1. The molecule has 0 aromatic heterocycles. The van der Waals surface area contributed by atoms with Crippen LogP contribution in [0.5, 0.6) is 0 Å². The van der Waals surface area contributed by atoms with E-state index in [-0.39, 0.29) is 0 Å². The topological polar surface area (TPSA) is 313 Å². The van der Waals surface area contributed by atoms with Crippen molar-refractivity contribution in [1.82, 2.24) is 0 Å². The van der Waals surface area contributed by atoms with Crippen LogP contribution in [0.1, 0.15) is 13.8 Å². The van der Waals surface area contributed by atoms with Crippen molar-refractivity contribution in [2.75, 3.05) is 13.2 Å². The highest BCUT2D eigenvalue weighted by Gasteiger charge is 2.55. The van der Waals surface area contributed by atoms with E-state index in [1.807, 2.05) is 0 Å². The van der Waals surface area contributed by atoms with Gasteiger partial charge in [0.25, 0.3) is 0 Å². The molecule has 13 N–H and O–H groups in total.